The van der Waals surface area contributed by atoms with E-state index >= 15 is 0 Å². The first-order valence-corrected chi connectivity index (χ1v) is 7.71. The minimum Gasteiger partial charge on any atom is -0.481 e. The van der Waals surface area contributed by atoms with Gasteiger partial charge in [0.25, 0.3) is 5.91 Å². The number of hydrogen-bond donors (Lipinski definition) is 2. The van der Waals surface area contributed by atoms with E-state index in [1.165, 1.54) is 0 Å². The summed E-state index contributed by atoms with van der Waals surface area (Å²) in [5, 5.41) is 12.1. The Balaban J connectivity index is 2.15. The van der Waals surface area contributed by atoms with Gasteiger partial charge >= 0.3 is 5.97 Å². The smallest absolute Gasteiger partial charge is 0.303 e. The van der Waals surface area contributed by atoms with Crippen LogP contribution < -0.4 is 5.32 Å². The van der Waals surface area contributed by atoms with Crippen LogP contribution in [0.15, 0.2) is 18.2 Å². The molecule has 2 N–H and O–H groups in total. The van der Waals surface area contributed by atoms with Gasteiger partial charge in [-0.25, -0.2) is 0 Å². The molecule has 4 nitrogen and oxygen atoms in total. The van der Waals surface area contributed by atoms with Crippen molar-refractivity contribution in [1.29, 1.82) is 0 Å². The second-order valence-corrected chi connectivity index (χ2v) is 5.64. The predicted octanol–water partition coefficient (Wildman–Crippen LogP) is 4.15. The SMILES string of the molecule is O=C(O)CCCCCCCNC(=O)c1ccc(Cl)cc1Cl. The van der Waals surface area contributed by atoms with Crippen LogP contribution in [0.3, 0.4) is 0 Å². The van der Waals surface area contributed by atoms with Crippen LogP contribution in [0.25, 0.3) is 0 Å². The van der Waals surface area contributed by atoms with Gasteiger partial charge in [-0.3, -0.25) is 9.59 Å². The Hall–Kier alpha value is -1.26. The van der Waals surface area contributed by atoms with E-state index < -0.39 is 5.97 Å². The van der Waals surface area contributed by atoms with Crippen molar-refractivity contribution in [2.75, 3.05) is 6.54 Å². The third-order valence-electron chi connectivity index (χ3n) is 3.03. The maximum absolute atomic E-state index is 11.9. The first kappa shape index (κ1) is 17.8. The monoisotopic (exact) mass is 331 g/mol. The summed E-state index contributed by atoms with van der Waals surface area (Å²) in [4.78, 5) is 22.2. The highest BCUT2D eigenvalue weighted by Crippen LogP contribution is 2.20. The summed E-state index contributed by atoms with van der Waals surface area (Å²) in [6, 6.07) is 4.77. The normalized spacial score (nSPS) is 10.4. The van der Waals surface area contributed by atoms with Crippen LogP contribution in [0, 0.1) is 0 Å². The summed E-state index contributed by atoms with van der Waals surface area (Å²) in [6.07, 6.45) is 4.65. The quantitative estimate of drug-likeness (QED) is 0.668. The van der Waals surface area contributed by atoms with Crippen LogP contribution in [0.4, 0.5) is 0 Å². The van der Waals surface area contributed by atoms with Crippen molar-refractivity contribution < 1.29 is 14.7 Å². The number of amides is 1. The molecule has 0 heterocycles. The minimum atomic E-state index is -0.748. The fourth-order valence-corrected chi connectivity index (χ4v) is 2.40. The van der Waals surface area contributed by atoms with Gasteiger partial charge in [0, 0.05) is 18.0 Å². The van der Waals surface area contributed by atoms with Gasteiger partial charge in [-0.05, 0) is 31.0 Å². The molecule has 21 heavy (non-hydrogen) atoms. The number of carbonyl (C=O) groups is 2. The second-order valence-electron chi connectivity index (χ2n) is 4.79. The van der Waals surface area contributed by atoms with E-state index in [0.717, 1.165) is 25.7 Å². The lowest BCUT2D eigenvalue weighted by molar-refractivity contribution is -0.137. The number of benzene rings is 1. The third kappa shape index (κ3) is 7.34. The topological polar surface area (TPSA) is 66.4 Å². The standard InChI is InChI=1S/C15H19Cl2NO3/c16-11-7-8-12(13(17)10-11)15(21)18-9-5-3-1-2-4-6-14(19)20/h7-8,10H,1-6,9H2,(H,18,21)(H,19,20). The maximum Gasteiger partial charge on any atom is 0.303 e. The zero-order valence-corrected chi connectivity index (χ0v) is 13.2. The van der Waals surface area contributed by atoms with Crippen LogP contribution in [0.1, 0.15) is 48.9 Å². The lowest BCUT2D eigenvalue weighted by atomic mass is 10.1. The Kier molecular flexibility index (Phi) is 8.16. The van der Waals surface area contributed by atoms with Crippen molar-refractivity contribution in [3.05, 3.63) is 33.8 Å². The first-order valence-electron chi connectivity index (χ1n) is 6.95. The van der Waals surface area contributed by atoms with E-state index in [-0.39, 0.29) is 12.3 Å². The Morgan fingerprint density at radius 1 is 1.05 bits per heavy atom. The minimum absolute atomic E-state index is 0.206. The van der Waals surface area contributed by atoms with Crippen molar-refractivity contribution in [3.8, 4) is 0 Å². The van der Waals surface area contributed by atoms with Crippen molar-refractivity contribution >= 4 is 35.1 Å². The van der Waals surface area contributed by atoms with Crippen LogP contribution in [-0.4, -0.2) is 23.5 Å². The molecule has 0 bridgehead atoms. The van der Waals surface area contributed by atoms with Crippen molar-refractivity contribution in [1.82, 2.24) is 5.32 Å². The van der Waals surface area contributed by atoms with Crippen molar-refractivity contribution in [3.63, 3.8) is 0 Å². The molecule has 0 saturated carbocycles. The first-order chi connectivity index (χ1) is 10.0. The number of unbranched alkanes of at least 4 members (excludes halogenated alkanes) is 4. The highest BCUT2D eigenvalue weighted by atomic mass is 35.5. The lowest BCUT2D eigenvalue weighted by Gasteiger charge is -2.07. The van der Waals surface area contributed by atoms with Gasteiger partial charge < -0.3 is 10.4 Å². The molecule has 1 rings (SSSR count). The van der Waals surface area contributed by atoms with Gasteiger partial charge in [-0.15, -0.1) is 0 Å². The van der Waals surface area contributed by atoms with E-state index in [4.69, 9.17) is 28.3 Å². The van der Waals surface area contributed by atoms with Crippen LogP contribution in [0.2, 0.25) is 10.0 Å². The molecule has 0 aliphatic rings. The highest BCUT2D eigenvalue weighted by Gasteiger charge is 2.09. The Labute approximate surface area is 134 Å². The molecule has 0 aliphatic carbocycles. The molecule has 1 aromatic rings. The Bertz CT molecular complexity index is 492. The van der Waals surface area contributed by atoms with Crippen LogP contribution >= 0.6 is 23.2 Å². The number of carbonyl (C=O) groups excluding carboxylic acids is 1. The zero-order valence-electron chi connectivity index (χ0n) is 11.7. The number of carboxylic acids is 1. The highest BCUT2D eigenvalue weighted by molar-refractivity contribution is 6.36. The van der Waals surface area contributed by atoms with E-state index in [9.17, 15) is 9.59 Å². The number of rotatable bonds is 9. The number of halogens is 2. The van der Waals surface area contributed by atoms with E-state index in [0.29, 0.717) is 28.6 Å². The lowest BCUT2D eigenvalue weighted by Crippen LogP contribution is -2.24. The van der Waals surface area contributed by atoms with Gasteiger partial charge in [-0.2, -0.15) is 0 Å². The summed E-state index contributed by atoms with van der Waals surface area (Å²) >= 11 is 11.7. The molecule has 1 aromatic carbocycles. The molecule has 1 amide bonds. The zero-order chi connectivity index (χ0) is 15.7. The molecule has 6 heteroatoms. The Morgan fingerprint density at radius 3 is 2.38 bits per heavy atom. The molecule has 0 spiro atoms. The molecule has 0 atom stereocenters. The van der Waals surface area contributed by atoms with E-state index in [2.05, 4.69) is 5.32 Å². The number of nitrogens with one attached hydrogen (secondary N) is 1. The number of carboxylic acid groups (broad SMARTS) is 1. The number of aliphatic carboxylic acids is 1. The molecule has 116 valence electrons. The summed E-state index contributed by atoms with van der Waals surface area (Å²) in [7, 11) is 0. The van der Waals surface area contributed by atoms with Gasteiger partial charge in [0.15, 0.2) is 0 Å². The van der Waals surface area contributed by atoms with Crippen molar-refractivity contribution in [2.24, 2.45) is 0 Å². The fourth-order valence-electron chi connectivity index (χ4n) is 1.90. The summed E-state index contributed by atoms with van der Waals surface area (Å²) in [6.45, 7) is 0.580. The molecular weight excluding hydrogens is 313 g/mol. The van der Waals surface area contributed by atoms with Gasteiger partial charge in [0.1, 0.15) is 0 Å². The number of hydrogen-bond acceptors (Lipinski definition) is 2. The summed E-state index contributed by atoms with van der Waals surface area (Å²) < 4.78 is 0. The fraction of sp³-hybridized carbons (Fsp3) is 0.467. The average Bonchev–Trinajstić information content (AvgIpc) is 2.41. The van der Waals surface area contributed by atoms with Crippen LogP contribution in [0.5, 0.6) is 0 Å². The molecule has 0 saturated heterocycles. The van der Waals surface area contributed by atoms with E-state index in [1.807, 2.05) is 0 Å². The summed E-state index contributed by atoms with van der Waals surface area (Å²) in [5.41, 5.74) is 0.419. The Morgan fingerprint density at radius 2 is 1.71 bits per heavy atom. The van der Waals surface area contributed by atoms with Crippen molar-refractivity contribution in [2.45, 2.75) is 38.5 Å². The second kappa shape index (κ2) is 9.64. The predicted molar refractivity (Wildman–Crippen MR) is 84.1 cm³/mol. The van der Waals surface area contributed by atoms with E-state index in [1.54, 1.807) is 18.2 Å². The third-order valence-corrected chi connectivity index (χ3v) is 3.58. The van der Waals surface area contributed by atoms with Gasteiger partial charge in [-0.1, -0.05) is 42.5 Å². The molecule has 0 aliphatic heterocycles. The molecule has 0 unspecified atom stereocenters. The molecular formula is C15H19Cl2NO3. The maximum atomic E-state index is 11.9. The molecule has 0 aromatic heterocycles. The summed E-state index contributed by atoms with van der Waals surface area (Å²) in [5.74, 6) is -0.954. The average molecular weight is 332 g/mol. The molecule has 0 fully saturated rings. The van der Waals surface area contributed by atoms with Gasteiger partial charge in [0.05, 0.1) is 10.6 Å². The van der Waals surface area contributed by atoms with Crippen LogP contribution in [-0.2, 0) is 4.79 Å². The van der Waals surface area contributed by atoms with Gasteiger partial charge in [0.2, 0.25) is 0 Å². The largest absolute Gasteiger partial charge is 0.481 e. The molecule has 0 radical (unpaired) electrons.